The summed E-state index contributed by atoms with van der Waals surface area (Å²) in [5, 5.41) is 0. The highest BCUT2D eigenvalue weighted by molar-refractivity contribution is 6.04. The van der Waals surface area contributed by atoms with Crippen molar-refractivity contribution in [1.29, 1.82) is 0 Å². The molecule has 0 aliphatic heterocycles. The SMILES string of the molecule is COc1ccc(C(=O)C(C)(CN(C)C)c2ccccc2)cc1. The van der Waals surface area contributed by atoms with Crippen molar-refractivity contribution in [1.82, 2.24) is 4.90 Å². The van der Waals surface area contributed by atoms with Gasteiger partial charge in [0.2, 0.25) is 0 Å². The first kappa shape index (κ1) is 16.2. The molecule has 0 aromatic heterocycles. The molecule has 0 spiro atoms. The number of nitrogens with zero attached hydrogens (tertiary/aromatic N) is 1. The third-order valence-electron chi connectivity index (χ3n) is 3.90. The Kier molecular flexibility index (Phi) is 4.99. The minimum Gasteiger partial charge on any atom is -0.497 e. The second kappa shape index (κ2) is 6.75. The maximum atomic E-state index is 13.1. The van der Waals surface area contributed by atoms with Gasteiger partial charge in [-0.25, -0.2) is 0 Å². The molecule has 0 saturated carbocycles. The molecule has 0 heterocycles. The van der Waals surface area contributed by atoms with Gasteiger partial charge in [0.05, 0.1) is 12.5 Å². The zero-order valence-corrected chi connectivity index (χ0v) is 13.7. The number of rotatable bonds is 6. The maximum Gasteiger partial charge on any atom is 0.174 e. The number of ketones is 1. The van der Waals surface area contributed by atoms with Crippen LogP contribution in [0.1, 0.15) is 22.8 Å². The number of benzene rings is 2. The topological polar surface area (TPSA) is 29.5 Å². The molecule has 116 valence electrons. The van der Waals surface area contributed by atoms with Crippen LogP contribution in [0.25, 0.3) is 0 Å². The first-order valence-corrected chi connectivity index (χ1v) is 7.36. The molecule has 0 radical (unpaired) electrons. The molecular weight excluding hydrogens is 274 g/mol. The number of carbonyl (C=O) groups excluding carboxylic acids is 1. The fourth-order valence-electron chi connectivity index (χ4n) is 2.79. The molecule has 0 bridgehead atoms. The van der Waals surface area contributed by atoms with Gasteiger partial charge in [0, 0.05) is 12.1 Å². The number of methoxy groups -OCH3 is 1. The van der Waals surface area contributed by atoms with E-state index in [0.717, 1.165) is 11.3 Å². The highest BCUT2D eigenvalue weighted by atomic mass is 16.5. The van der Waals surface area contributed by atoms with E-state index in [1.165, 1.54) is 0 Å². The lowest BCUT2D eigenvalue weighted by Crippen LogP contribution is -2.42. The van der Waals surface area contributed by atoms with Crippen LogP contribution >= 0.6 is 0 Å². The van der Waals surface area contributed by atoms with Crippen LogP contribution in [0.15, 0.2) is 54.6 Å². The van der Waals surface area contributed by atoms with E-state index in [1.54, 1.807) is 7.11 Å². The van der Waals surface area contributed by atoms with Crippen LogP contribution in [-0.4, -0.2) is 38.4 Å². The standard InChI is InChI=1S/C19H23NO2/c1-19(14-20(2)3,16-8-6-5-7-9-16)18(21)15-10-12-17(22-4)13-11-15/h5-13H,14H2,1-4H3. The fraction of sp³-hybridized carbons (Fsp3) is 0.316. The Morgan fingerprint density at radius 2 is 1.64 bits per heavy atom. The van der Waals surface area contributed by atoms with E-state index in [1.807, 2.05) is 75.6 Å². The van der Waals surface area contributed by atoms with Crippen molar-refractivity contribution >= 4 is 5.78 Å². The molecule has 0 saturated heterocycles. The Hall–Kier alpha value is -2.13. The van der Waals surface area contributed by atoms with Crippen LogP contribution in [0.3, 0.4) is 0 Å². The van der Waals surface area contributed by atoms with Gasteiger partial charge in [-0.2, -0.15) is 0 Å². The molecule has 0 fully saturated rings. The molecular formula is C19H23NO2. The van der Waals surface area contributed by atoms with E-state index in [2.05, 4.69) is 4.90 Å². The number of carbonyl (C=O) groups is 1. The molecule has 0 N–H and O–H groups in total. The highest BCUT2D eigenvalue weighted by Crippen LogP contribution is 2.29. The third kappa shape index (κ3) is 3.37. The molecule has 2 aromatic carbocycles. The van der Waals surface area contributed by atoms with Crippen LogP contribution in [0.5, 0.6) is 5.75 Å². The quantitative estimate of drug-likeness (QED) is 0.765. The summed E-state index contributed by atoms with van der Waals surface area (Å²) in [6, 6.07) is 17.3. The number of hydrogen-bond acceptors (Lipinski definition) is 3. The van der Waals surface area contributed by atoms with E-state index in [0.29, 0.717) is 12.1 Å². The summed E-state index contributed by atoms with van der Waals surface area (Å²) < 4.78 is 5.16. The molecule has 2 rings (SSSR count). The lowest BCUT2D eigenvalue weighted by molar-refractivity contribution is 0.0868. The Labute approximate surface area is 132 Å². The first-order valence-electron chi connectivity index (χ1n) is 7.36. The van der Waals surface area contributed by atoms with Crippen LogP contribution in [-0.2, 0) is 5.41 Å². The van der Waals surface area contributed by atoms with Gasteiger partial charge >= 0.3 is 0 Å². The summed E-state index contributed by atoms with van der Waals surface area (Å²) in [7, 11) is 5.60. The molecule has 1 unspecified atom stereocenters. The van der Waals surface area contributed by atoms with Gasteiger partial charge in [0.1, 0.15) is 5.75 Å². The van der Waals surface area contributed by atoms with Crippen LogP contribution in [0, 0.1) is 0 Å². The van der Waals surface area contributed by atoms with Crippen molar-refractivity contribution in [2.75, 3.05) is 27.7 Å². The summed E-state index contributed by atoms with van der Waals surface area (Å²) in [5.74, 6) is 0.876. The predicted molar refractivity (Wildman–Crippen MR) is 89.7 cm³/mol. The molecule has 0 aliphatic rings. The fourth-order valence-corrected chi connectivity index (χ4v) is 2.79. The van der Waals surface area contributed by atoms with Crippen LogP contribution < -0.4 is 4.74 Å². The van der Waals surface area contributed by atoms with Crippen LogP contribution in [0.2, 0.25) is 0 Å². The normalized spacial score (nSPS) is 13.7. The third-order valence-corrected chi connectivity index (χ3v) is 3.90. The van der Waals surface area contributed by atoms with Crippen molar-refractivity contribution in [3.8, 4) is 5.75 Å². The Morgan fingerprint density at radius 3 is 2.14 bits per heavy atom. The molecule has 22 heavy (non-hydrogen) atoms. The number of ether oxygens (including phenoxy) is 1. The van der Waals surface area contributed by atoms with E-state index in [9.17, 15) is 4.79 Å². The number of hydrogen-bond donors (Lipinski definition) is 0. The monoisotopic (exact) mass is 297 g/mol. The minimum absolute atomic E-state index is 0.120. The van der Waals surface area contributed by atoms with Crippen molar-refractivity contribution in [3.05, 3.63) is 65.7 Å². The summed E-state index contributed by atoms with van der Waals surface area (Å²) in [6.07, 6.45) is 0. The molecule has 3 nitrogen and oxygen atoms in total. The maximum absolute atomic E-state index is 13.1. The van der Waals surface area contributed by atoms with Gasteiger partial charge in [-0.3, -0.25) is 4.79 Å². The lowest BCUT2D eigenvalue weighted by atomic mass is 9.75. The zero-order valence-electron chi connectivity index (χ0n) is 13.7. The lowest BCUT2D eigenvalue weighted by Gasteiger charge is -2.31. The van der Waals surface area contributed by atoms with E-state index in [-0.39, 0.29) is 5.78 Å². The van der Waals surface area contributed by atoms with Crippen molar-refractivity contribution < 1.29 is 9.53 Å². The van der Waals surface area contributed by atoms with Gasteiger partial charge in [-0.15, -0.1) is 0 Å². The summed E-state index contributed by atoms with van der Waals surface area (Å²) >= 11 is 0. The van der Waals surface area contributed by atoms with E-state index >= 15 is 0 Å². The van der Waals surface area contributed by atoms with Gasteiger partial charge < -0.3 is 9.64 Å². The van der Waals surface area contributed by atoms with Gasteiger partial charge in [0.25, 0.3) is 0 Å². The zero-order chi connectivity index (χ0) is 16.2. The smallest absolute Gasteiger partial charge is 0.174 e. The average Bonchev–Trinajstić information content (AvgIpc) is 2.54. The Morgan fingerprint density at radius 1 is 1.05 bits per heavy atom. The molecule has 0 amide bonds. The molecule has 3 heteroatoms. The van der Waals surface area contributed by atoms with Gasteiger partial charge in [0.15, 0.2) is 5.78 Å². The Bertz CT molecular complexity index is 620. The van der Waals surface area contributed by atoms with Crippen molar-refractivity contribution in [2.24, 2.45) is 0 Å². The number of likely N-dealkylation sites (N-methyl/N-ethyl adjacent to an activating group) is 1. The second-order valence-electron chi connectivity index (χ2n) is 5.99. The Balaban J connectivity index is 2.42. The van der Waals surface area contributed by atoms with E-state index < -0.39 is 5.41 Å². The molecule has 0 aliphatic carbocycles. The molecule has 1 atom stereocenters. The highest BCUT2D eigenvalue weighted by Gasteiger charge is 2.36. The second-order valence-corrected chi connectivity index (χ2v) is 5.99. The largest absolute Gasteiger partial charge is 0.497 e. The minimum atomic E-state index is -0.584. The summed E-state index contributed by atoms with van der Waals surface area (Å²) in [5.41, 5.74) is 1.15. The summed E-state index contributed by atoms with van der Waals surface area (Å²) in [4.78, 5) is 15.2. The van der Waals surface area contributed by atoms with Gasteiger partial charge in [-0.05, 0) is 50.8 Å². The van der Waals surface area contributed by atoms with Crippen LogP contribution in [0.4, 0.5) is 0 Å². The first-order chi connectivity index (χ1) is 10.5. The van der Waals surface area contributed by atoms with Crippen molar-refractivity contribution in [3.63, 3.8) is 0 Å². The predicted octanol–water partition coefficient (Wildman–Crippen LogP) is 3.40. The summed E-state index contributed by atoms with van der Waals surface area (Å²) in [6.45, 7) is 2.66. The van der Waals surface area contributed by atoms with Crippen molar-refractivity contribution in [2.45, 2.75) is 12.3 Å². The van der Waals surface area contributed by atoms with Gasteiger partial charge in [-0.1, -0.05) is 30.3 Å². The molecule has 2 aromatic rings. The average molecular weight is 297 g/mol. The number of Topliss-reactive ketones (excluding diaryl/α,β-unsaturated/α-hetero) is 1. The van der Waals surface area contributed by atoms with E-state index in [4.69, 9.17) is 4.74 Å².